The highest BCUT2D eigenvalue weighted by atomic mass is 35.5. The third-order valence-corrected chi connectivity index (χ3v) is 4.44. The molecule has 1 aliphatic rings. The fraction of sp³-hybridized carbons (Fsp3) is 0.111. The Hall–Kier alpha value is -2.59. The number of rotatable bonds is 2. The molecule has 5 heteroatoms. The van der Waals surface area contributed by atoms with E-state index in [9.17, 15) is 0 Å². The first-order valence-corrected chi connectivity index (χ1v) is 7.74. The molecule has 4 nitrogen and oxygen atoms in total. The standard InChI is InChI=1S/C18H15ClN4/c1-23(16-10-15(19)21-18(20)22-16)17-13-8-4-2-6-11(13)12-7-3-5-9-14(12)17/h2-10,17H,1H3,(H2,20,21,22). The summed E-state index contributed by atoms with van der Waals surface area (Å²) in [6.07, 6.45) is 0. The Kier molecular flexibility index (Phi) is 3.20. The van der Waals surface area contributed by atoms with Crippen molar-refractivity contribution >= 4 is 23.4 Å². The van der Waals surface area contributed by atoms with Gasteiger partial charge in [0.2, 0.25) is 5.95 Å². The van der Waals surface area contributed by atoms with Gasteiger partial charge in [0, 0.05) is 13.1 Å². The van der Waals surface area contributed by atoms with E-state index in [4.69, 9.17) is 17.3 Å². The Bertz CT molecular complexity index is 828. The van der Waals surface area contributed by atoms with Crippen molar-refractivity contribution in [3.05, 3.63) is 70.9 Å². The monoisotopic (exact) mass is 322 g/mol. The largest absolute Gasteiger partial charge is 0.368 e. The van der Waals surface area contributed by atoms with Gasteiger partial charge in [-0.25, -0.2) is 4.98 Å². The number of nitrogens with two attached hydrogens (primary N) is 1. The van der Waals surface area contributed by atoms with Crippen molar-refractivity contribution in [2.75, 3.05) is 17.7 Å². The lowest BCUT2D eigenvalue weighted by atomic mass is 10.0. The number of hydrogen-bond donors (Lipinski definition) is 1. The molecule has 0 aliphatic heterocycles. The number of halogens is 1. The molecule has 0 unspecified atom stereocenters. The first-order chi connectivity index (χ1) is 11.1. The van der Waals surface area contributed by atoms with Crippen LogP contribution in [-0.4, -0.2) is 17.0 Å². The van der Waals surface area contributed by atoms with Crippen molar-refractivity contribution in [3.63, 3.8) is 0 Å². The van der Waals surface area contributed by atoms with E-state index in [-0.39, 0.29) is 12.0 Å². The van der Waals surface area contributed by atoms with Crippen molar-refractivity contribution in [2.24, 2.45) is 0 Å². The second-order valence-corrected chi connectivity index (χ2v) is 5.98. The predicted octanol–water partition coefficient (Wildman–Crippen LogP) is 3.92. The molecule has 0 saturated heterocycles. The second-order valence-electron chi connectivity index (χ2n) is 5.60. The summed E-state index contributed by atoms with van der Waals surface area (Å²) in [4.78, 5) is 10.4. The minimum atomic E-state index is 0.0766. The maximum absolute atomic E-state index is 6.04. The smallest absolute Gasteiger partial charge is 0.223 e. The van der Waals surface area contributed by atoms with Crippen LogP contribution in [0.4, 0.5) is 11.8 Å². The molecule has 0 amide bonds. The molecule has 0 spiro atoms. The number of hydrogen-bond acceptors (Lipinski definition) is 4. The second kappa shape index (κ2) is 5.25. The SMILES string of the molecule is CN(c1cc(Cl)nc(N)n1)C1c2ccccc2-c2ccccc21. The summed E-state index contributed by atoms with van der Waals surface area (Å²) in [7, 11) is 2.00. The average Bonchev–Trinajstić information content (AvgIpc) is 2.88. The molecule has 0 saturated carbocycles. The van der Waals surface area contributed by atoms with Crippen LogP contribution in [0.1, 0.15) is 17.2 Å². The van der Waals surface area contributed by atoms with Gasteiger partial charge in [-0.3, -0.25) is 0 Å². The van der Waals surface area contributed by atoms with Crippen molar-refractivity contribution < 1.29 is 0 Å². The molecule has 23 heavy (non-hydrogen) atoms. The molecule has 114 valence electrons. The number of nitrogens with zero attached hydrogens (tertiary/aromatic N) is 3. The van der Waals surface area contributed by atoms with Crippen LogP contribution in [0.2, 0.25) is 5.15 Å². The quantitative estimate of drug-likeness (QED) is 0.727. The van der Waals surface area contributed by atoms with Crippen LogP contribution < -0.4 is 10.6 Å². The summed E-state index contributed by atoms with van der Waals surface area (Å²) in [5, 5.41) is 0.346. The van der Waals surface area contributed by atoms with Crippen molar-refractivity contribution in [3.8, 4) is 11.1 Å². The van der Waals surface area contributed by atoms with E-state index >= 15 is 0 Å². The molecule has 2 aromatic carbocycles. The molecule has 0 atom stereocenters. The van der Waals surface area contributed by atoms with Gasteiger partial charge in [-0.15, -0.1) is 0 Å². The van der Waals surface area contributed by atoms with Gasteiger partial charge in [-0.1, -0.05) is 60.1 Å². The van der Waals surface area contributed by atoms with E-state index in [0.29, 0.717) is 11.0 Å². The van der Waals surface area contributed by atoms with Gasteiger partial charge in [0.05, 0.1) is 6.04 Å². The molecule has 0 fully saturated rings. The zero-order valence-corrected chi connectivity index (χ0v) is 13.3. The molecule has 3 aromatic rings. The van der Waals surface area contributed by atoms with Crippen LogP contribution in [0.25, 0.3) is 11.1 Å². The van der Waals surface area contributed by atoms with Crippen molar-refractivity contribution in [1.29, 1.82) is 0 Å². The third-order valence-electron chi connectivity index (χ3n) is 4.25. The Morgan fingerprint density at radius 1 is 0.957 bits per heavy atom. The first-order valence-electron chi connectivity index (χ1n) is 7.36. The molecule has 2 N–H and O–H groups in total. The van der Waals surface area contributed by atoms with Crippen molar-refractivity contribution in [2.45, 2.75) is 6.04 Å². The maximum atomic E-state index is 6.04. The van der Waals surface area contributed by atoms with Crippen LogP contribution in [0, 0.1) is 0 Å². The van der Waals surface area contributed by atoms with Crippen LogP contribution in [0.15, 0.2) is 54.6 Å². The fourth-order valence-corrected chi connectivity index (χ4v) is 3.47. The molecule has 1 heterocycles. The predicted molar refractivity (Wildman–Crippen MR) is 93.6 cm³/mol. The molecule has 1 aliphatic carbocycles. The molecule has 4 rings (SSSR count). The summed E-state index contributed by atoms with van der Waals surface area (Å²) < 4.78 is 0. The lowest BCUT2D eigenvalue weighted by molar-refractivity contribution is 0.786. The number of nitrogen functional groups attached to an aromatic ring is 1. The van der Waals surface area contributed by atoms with E-state index in [1.54, 1.807) is 6.07 Å². The van der Waals surface area contributed by atoms with Gasteiger partial charge in [0.15, 0.2) is 0 Å². The molecular formula is C18H15ClN4. The van der Waals surface area contributed by atoms with Gasteiger partial charge in [-0.05, 0) is 22.3 Å². The highest BCUT2D eigenvalue weighted by Crippen LogP contribution is 2.46. The summed E-state index contributed by atoms with van der Waals surface area (Å²) in [5.74, 6) is 0.887. The number of aromatic nitrogens is 2. The molecule has 1 aromatic heterocycles. The fourth-order valence-electron chi connectivity index (χ4n) is 3.28. The minimum Gasteiger partial charge on any atom is -0.368 e. The number of benzene rings is 2. The first kappa shape index (κ1) is 14.0. The van der Waals surface area contributed by atoms with E-state index in [0.717, 1.165) is 0 Å². The third kappa shape index (κ3) is 2.23. The molecule has 0 radical (unpaired) electrons. The minimum absolute atomic E-state index is 0.0766. The van der Waals surface area contributed by atoms with E-state index in [1.807, 2.05) is 7.05 Å². The Morgan fingerprint density at radius 2 is 1.52 bits per heavy atom. The summed E-state index contributed by atoms with van der Waals surface area (Å²) >= 11 is 6.04. The van der Waals surface area contributed by atoms with Gasteiger partial charge in [0.25, 0.3) is 0 Å². The number of anilines is 2. The van der Waals surface area contributed by atoms with Crippen LogP contribution in [-0.2, 0) is 0 Å². The summed E-state index contributed by atoms with van der Waals surface area (Å²) in [6.45, 7) is 0. The van der Waals surface area contributed by atoms with E-state index in [1.165, 1.54) is 22.3 Å². The number of fused-ring (bicyclic) bond motifs is 3. The Labute approximate surface area is 139 Å². The van der Waals surface area contributed by atoms with Crippen molar-refractivity contribution in [1.82, 2.24) is 9.97 Å². The van der Waals surface area contributed by atoms with Crippen LogP contribution in [0.3, 0.4) is 0 Å². The molecule has 0 bridgehead atoms. The lowest BCUT2D eigenvalue weighted by Crippen LogP contribution is -2.25. The zero-order chi connectivity index (χ0) is 16.0. The lowest BCUT2D eigenvalue weighted by Gasteiger charge is -2.27. The van der Waals surface area contributed by atoms with Gasteiger partial charge in [0.1, 0.15) is 11.0 Å². The normalized spacial score (nSPS) is 12.8. The maximum Gasteiger partial charge on any atom is 0.223 e. The summed E-state index contributed by atoms with van der Waals surface area (Å²) in [6, 6.07) is 18.7. The van der Waals surface area contributed by atoms with Gasteiger partial charge < -0.3 is 10.6 Å². The van der Waals surface area contributed by atoms with E-state index < -0.39 is 0 Å². The topological polar surface area (TPSA) is 55.0 Å². The molecular weight excluding hydrogens is 308 g/mol. The average molecular weight is 323 g/mol. The Balaban J connectivity index is 1.88. The van der Waals surface area contributed by atoms with Crippen LogP contribution in [0.5, 0.6) is 0 Å². The van der Waals surface area contributed by atoms with Gasteiger partial charge in [-0.2, -0.15) is 4.98 Å². The highest BCUT2D eigenvalue weighted by molar-refractivity contribution is 6.29. The highest BCUT2D eigenvalue weighted by Gasteiger charge is 2.31. The van der Waals surface area contributed by atoms with Gasteiger partial charge >= 0.3 is 0 Å². The Morgan fingerprint density at radius 3 is 2.09 bits per heavy atom. The van der Waals surface area contributed by atoms with Crippen LogP contribution >= 0.6 is 11.6 Å². The van der Waals surface area contributed by atoms with E-state index in [2.05, 4.69) is 63.4 Å². The summed E-state index contributed by atoms with van der Waals surface area (Å²) in [5.41, 5.74) is 10.8. The zero-order valence-electron chi connectivity index (χ0n) is 12.6.